The largest absolute Gasteiger partial charge is 0.497 e. The molecule has 1 N–H and O–H groups in total. The lowest BCUT2D eigenvalue weighted by atomic mass is 9.91. The smallest absolute Gasteiger partial charge is 0.227 e. The topological polar surface area (TPSA) is 49.8 Å². The van der Waals surface area contributed by atoms with Gasteiger partial charge >= 0.3 is 0 Å². The predicted molar refractivity (Wildman–Crippen MR) is 77.7 cm³/mol. The molecule has 0 aromatic heterocycles. The molecule has 0 saturated heterocycles. The molecule has 0 aliphatic heterocycles. The zero-order valence-corrected chi connectivity index (χ0v) is 12.2. The van der Waals surface area contributed by atoms with E-state index in [4.69, 9.17) is 4.74 Å². The number of rotatable bonds is 4. The van der Waals surface area contributed by atoms with E-state index in [1.165, 1.54) is 0 Å². The van der Waals surface area contributed by atoms with Crippen molar-refractivity contribution in [3.63, 3.8) is 0 Å². The molecule has 110 valence electrons. The fourth-order valence-corrected chi connectivity index (χ4v) is 2.81. The highest BCUT2D eigenvalue weighted by molar-refractivity contribution is 5.79. The molecule has 0 heterocycles. The van der Waals surface area contributed by atoms with E-state index in [9.17, 15) is 9.90 Å². The maximum atomic E-state index is 12.3. The van der Waals surface area contributed by atoms with Crippen molar-refractivity contribution in [2.24, 2.45) is 0 Å². The summed E-state index contributed by atoms with van der Waals surface area (Å²) in [7, 11) is 3.41. The molecule has 1 amide bonds. The Morgan fingerprint density at radius 2 is 2.15 bits per heavy atom. The summed E-state index contributed by atoms with van der Waals surface area (Å²) in [5, 5.41) is 10.0. The average Bonchev–Trinajstić information content (AvgIpc) is 2.47. The first-order valence-corrected chi connectivity index (χ1v) is 7.18. The van der Waals surface area contributed by atoms with Crippen LogP contribution in [0.4, 0.5) is 0 Å². The van der Waals surface area contributed by atoms with E-state index in [-0.39, 0.29) is 18.1 Å². The van der Waals surface area contributed by atoms with Crippen molar-refractivity contribution in [1.82, 2.24) is 4.90 Å². The van der Waals surface area contributed by atoms with Crippen LogP contribution in [0.2, 0.25) is 0 Å². The molecule has 0 spiro atoms. The number of carbonyl (C=O) groups excluding carboxylic acids is 1. The molecule has 20 heavy (non-hydrogen) atoms. The number of hydrogen-bond donors (Lipinski definition) is 1. The Balaban J connectivity index is 1.99. The highest BCUT2D eigenvalue weighted by Crippen LogP contribution is 2.23. The number of carbonyl (C=O) groups is 1. The van der Waals surface area contributed by atoms with E-state index in [0.29, 0.717) is 6.42 Å². The van der Waals surface area contributed by atoms with Gasteiger partial charge in [-0.25, -0.2) is 0 Å². The van der Waals surface area contributed by atoms with Gasteiger partial charge in [-0.2, -0.15) is 0 Å². The first-order chi connectivity index (χ1) is 9.61. The lowest BCUT2D eigenvalue weighted by molar-refractivity contribution is -0.134. The van der Waals surface area contributed by atoms with Gasteiger partial charge in [0.15, 0.2) is 0 Å². The van der Waals surface area contributed by atoms with Crippen molar-refractivity contribution in [3.05, 3.63) is 29.8 Å². The van der Waals surface area contributed by atoms with Gasteiger partial charge in [-0.3, -0.25) is 4.79 Å². The molecule has 1 fully saturated rings. The van der Waals surface area contributed by atoms with E-state index < -0.39 is 0 Å². The van der Waals surface area contributed by atoms with Gasteiger partial charge < -0.3 is 14.7 Å². The number of hydrogen-bond acceptors (Lipinski definition) is 3. The Hall–Kier alpha value is -1.55. The standard InChI is InChI=1S/C16H23NO3/c1-17(14-8-3-4-9-15(14)18)16(19)11-12-6-5-7-13(10-12)20-2/h5-7,10,14-15,18H,3-4,8-9,11H2,1-2H3. The van der Waals surface area contributed by atoms with Crippen LogP contribution in [0.5, 0.6) is 5.75 Å². The maximum Gasteiger partial charge on any atom is 0.227 e. The highest BCUT2D eigenvalue weighted by atomic mass is 16.5. The van der Waals surface area contributed by atoms with Crippen molar-refractivity contribution >= 4 is 5.91 Å². The third-order valence-electron chi connectivity index (χ3n) is 4.07. The van der Waals surface area contributed by atoms with Crippen LogP contribution < -0.4 is 4.74 Å². The van der Waals surface area contributed by atoms with Crippen LogP contribution in [0.25, 0.3) is 0 Å². The Labute approximate surface area is 120 Å². The predicted octanol–water partition coefficient (Wildman–Crippen LogP) is 2.00. The molecule has 1 aliphatic carbocycles. The fourth-order valence-electron chi connectivity index (χ4n) is 2.81. The minimum atomic E-state index is -0.386. The summed E-state index contributed by atoms with van der Waals surface area (Å²) in [5.74, 6) is 0.805. The van der Waals surface area contributed by atoms with Gasteiger partial charge in [-0.1, -0.05) is 25.0 Å². The van der Waals surface area contributed by atoms with Crippen molar-refractivity contribution < 1.29 is 14.6 Å². The van der Waals surface area contributed by atoms with Gasteiger partial charge in [-0.05, 0) is 30.5 Å². The molecular formula is C16H23NO3. The second-order valence-electron chi connectivity index (χ2n) is 5.45. The molecule has 1 aromatic rings. The quantitative estimate of drug-likeness (QED) is 0.915. The number of likely N-dealkylation sites (N-methyl/N-ethyl adjacent to an activating group) is 1. The summed E-state index contributed by atoms with van der Waals surface area (Å²) >= 11 is 0. The monoisotopic (exact) mass is 277 g/mol. The van der Waals surface area contributed by atoms with Crippen LogP contribution in [0.3, 0.4) is 0 Å². The van der Waals surface area contributed by atoms with Gasteiger partial charge in [0.05, 0.1) is 25.7 Å². The van der Waals surface area contributed by atoms with Crippen LogP contribution in [0.1, 0.15) is 31.2 Å². The summed E-state index contributed by atoms with van der Waals surface area (Å²) in [6, 6.07) is 7.51. The Morgan fingerprint density at radius 1 is 1.40 bits per heavy atom. The normalized spacial score (nSPS) is 22.4. The van der Waals surface area contributed by atoms with Gasteiger partial charge in [-0.15, -0.1) is 0 Å². The van der Waals surface area contributed by atoms with Crippen LogP contribution in [-0.4, -0.2) is 42.2 Å². The summed E-state index contributed by atoms with van der Waals surface area (Å²) in [5.41, 5.74) is 0.937. The number of ether oxygens (including phenoxy) is 1. The SMILES string of the molecule is COc1cccc(CC(=O)N(C)C2CCCCC2O)c1. The molecular weight excluding hydrogens is 254 g/mol. The fraction of sp³-hybridized carbons (Fsp3) is 0.562. The third kappa shape index (κ3) is 3.51. The van der Waals surface area contributed by atoms with E-state index in [1.807, 2.05) is 24.3 Å². The number of methoxy groups -OCH3 is 1. The number of nitrogens with zero attached hydrogens (tertiary/aromatic N) is 1. The second kappa shape index (κ2) is 6.75. The van der Waals surface area contributed by atoms with E-state index in [2.05, 4.69) is 0 Å². The van der Waals surface area contributed by atoms with E-state index in [0.717, 1.165) is 37.0 Å². The molecule has 1 aliphatic rings. The van der Waals surface area contributed by atoms with Gasteiger partial charge in [0.1, 0.15) is 5.75 Å². The van der Waals surface area contributed by atoms with Crippen molar-refractivity contribution in [1.29, 1.82) is 0 Å². The van der Waals surface area contributed by atoms with Crippen LogP contribution in [-0.2, 0) is 11.2 Å². The van der Waals surface area contributed by atoms with Crippen LogP contribution in [0.15, 0.2) is 24.3 Å². The zero-order valence-electron chi connectivity index (χ0n) is 12.2. The summed E-state index contributed by atoms with van der Waals surface area (Å²) in [4.78, 5) is 14.0. The molecule has 0 radical (unpaired) electrons. The molecule has 2 rings (SSSR count). The number of amides is 1. The van der Waals surface area contributed by atoms with E-state index in [1.54, 1.807) is 19.1 Å². The number of aliphatic hydroxyl groups is 1. The van der Waals surface area contributed by atoms with Crippen molar-refractivity contribution in [3.8, 4) is 5.75 Å². The molecule has 4 nitrogen and oxygen atoms in total. The van der Waals surface area contributed by atoms with Gasteiger partial charge in [0.25, 0.3) is 0 Å². The summed E-state index contributed by atoms with van der Waals surface area (Å²) in [6.45, 7) is 0. The maximum absolute atomic E-state index is 12.3. The molecule has 1 aromatic carbocycles. The zero-order chi connectivity index (χ0) is 14.5. The van der Waals surface area contributed by atoms with Crippen molar-refractivity contribution in [2.75, 3.05) is 14.2 Å². The molecule has 1 saturated carbocycles. The van der Waals surface area contributed by atoms with Crippen molar-refractivity contribution in [2.45, 2.75) is 44.2 Å². The van der Waals surface area contributed by atoms with Crippen LogP contribution in [0, 0.1) is 0 Å². The first-order valence-electron chi connectivity index (χ1n) is 7.18. The van der Waals surface area contributed by atoms with Gasteiger partial charge in [0, 0.05) is 7.05 Å². The molecule has 0 bridgehead atoms. The number of benzene rings is 1. The Bertz CT molecular complexity index is 461. The summed E-state index contributed by atoms with van der Waals surface area (Å²) in [6.07, 6.45) is 3.77. The molecule has 2 atom stereocenters. The minimum absolute atomic E-state index is 0.0399. The van der Waals surface area contributed by atoms with Crippen LogP contribution >= 0.6 is 0 Å². The van der Waals surface area contributed by atoms with E-state index >= 15 is 0 Å². The average molecular weight is 277 g/mol. The summed E-state index contributed by atoms with van der Waals surface area (Å²) < 4.78 is 5.17. The molecule has 2 unspecified atom stereocenters. The number of aliphatic hydroxyl groups excluding tert-OH is 1. The lowest BCUT2D eigenvalue weighted by Gasteiger charge is -2.35. The Kier molecular flexibility index (Phi) is 5.01. The first kappa shape index (κ1) is 14.9. The van der Waals surface area contributed by atoms with Gasteiger partial charge in [0.2, 0.25) is 5.91 Å². The minimum Gasteiger partial charge on any atom is -0.497 e. The third-order valence-corrected chi connectivity index (χ3v) is 4.07. The lowest BCUT2D eigenvalue weighted by Crippen LogP contribution is -2.46. The molecule has 4 heteroatoms. The second-order valence-corrected chi connectivity index (χ2v) is 5.45. The highest BCUT2D eigenvalue weighted by Gasteiger charge is 2.29. The Morgan fingerprint density at radius 3 is 2.85 bits per heavy atom.